The summed E-state index contributed by atoms with van der Waals surface area (Å²) in [5, 5.41) is 0. The summed E-state index contributed by atoms with van der Waals surface area (Å²) in [6.07, 6.45) is 16.0. The third-order valence-corrected chi connectivity index (χ3v) is 10.3. The topological polar surface area (TPSA) is 35.5 Å². The quantitative estimate of drug-likeness (QED) is 0.374. The van der Waals surface area contributed by atoms with Gasteiger partial charge in [0, 0.05) is 7.11 Å². The van der Waals surface area contributed by atoms with Gasteiger partial charge in [0.05, 0.1) is 19.1 Å². The molecule has 3 rings (SSSR count). The highest BCUT2D eigenvalue weighted by Gasteiger charge is 2.54. The van der Waals surface area contributed by atoms with Gasteiger partial charge in [-0.2, -0.15) is 0 Å². The molecule has 33 heavy (non-hydrogen) atoms. The summed E-state index contributed by atoms with van der Waals surface area (Å²) >= 11 is 0. The summed E-state index contributed by atoms with van der Waals surface area (Å²) in [5.74, 6) is 5.83. The normalized spacial score (nSPS) is 39.5. The van der Waals surface area contributed by atoms with Crippen LogP contribution in [0.3, 0.4) is 0 Å². The maximum Gasteiger partial charge on any atom is 0.308 e. The van der Waals surface area contributed by atoms with Crippen LogP contribution >= 0.6 is 0 Å². The van der Waals surface area contributed by atoms with Crippen molar-refractivity contribution in [2.45, 2.75) is 124 Å². The zero-order valence-electron chi connectivity index (χ0n) is 22.7. The van der Waals surface area contributed by atoms with E-state index in [4.69, 9.17) is 9.47 Å². The van der Waals surface area contributed by atoms with E-state index in [-0.39, 0.29) is 12.1 Å². The number of ether oxygens (including phenoxy) is 2. The Morgan fingerprint density at radius 3 is 2.52 bits per heavy atom. The van der Waals surface area contributed by atoms with Crippen molar-refractivity contribution in [2.24, 2.45) is 46.8 Å². The van der Waals surface area contributed by atoms with Crippen LogP contribution in [0.4, 0.5) is 0 Å². The van der Waals surface area contributed by atoms with Crippen molar-refractivity contribution < 1.29 is 14.3 Å². The Labute approximate surface area is 205 Å². The Kier molecular flexibility index (Phi) is 10.2. The van der Waals surface area contributed by atoms with Gasteiger partial charge in [-0.1, -0.05) is 53.9 Å². The lowest BCUT2D eigenvalue weighted by Gasteiger charge is -2.52. The van der Waals surface area contributed by atoms with E-state index < -0.39 is 0 Å². The molecule has 2 aliphatic carbocycles. The molecule has 1 saturated heterocycles. The molecule has 0 spiro atoms. The average molecular weight is 463 g/mol. The first-order valence-electron chi connectivity index (χ1n) is 14.4. The van der Waals surface area contributed by atoms with Gasteiger partial charge in [0.15, 0.2) is 0 Å². The van der Waals surface area contributed by atoms with E-state index in [9.17, 15) is 4.79 Å². The Morgan fingerprint density at radius 2 is 1.79 bits per heavy atom. The lowest BCUT2D eigenvalue weighted by Crippen LogP contribution is -2.44. The summed E-state index contributed by atoms with van der Waals surface area (Å²) in [6.45, 7) is 13.0. The number of hydrogen-bond donors (Lipinski definition) is 0. The van der Waals surface area contributed by atoms with E-state index >= 15 is 0 Å². The van der Waals surface area contributed by atoms with Gasteiger partial charge in [-0.05, 0) is 105 Å². The fraction of sp³-hybridized carbons (Fsp3) is 0.967. The van der Waals surface area contributed by atoms with Gasteiger partial charge in [-0.15, -0.1) is 0 Å². The second kappa shape index (κ2) is 12.4. The molecule has 2 saturated carbocycles. The molecule has 1 aliphatic heterocycles. The molecule has 0 aromatic heterocycles. The Hall–Kier alpha value is -0.570. The van der Waals surface area contributed by atoms with E-state index in [2.05, 4.69) is 34.6 Å². The van der Waals surface area contributed by atoms with Crippen LogP contribution in [0.15, 0.2) is 0 Å². The predicted octanol–water partition coefficient (Wildman–Crippen LogP) is 8.06. The third-order valence-electron chi connectivity index (χ3n) is 10.3. The molecule has 0 aromatic carbocycles. The fourth-order valence-electron chi connectivity index (χ4n) is 8.34. The second-order valence-electron chi connectivity index (χ2n) is 12.8. The maximum atomic E-state index is 12.2. The van der Waals surface area contributed by atoms with Crippen molar-refractivity contribution in [1.82, 2.24) is 0 Å². The SMILES string of the molecule is CO[C@H]1CCC(C)[C@H]2CC[C@]3(C)[C@@H]([C@H](C)CCCC(C)C)CC[C@H]3[C@@H]2CCCCOC(=O)C1. The van der Waals surface area contributed by atoms with E-state index in [0.717, 1.165) is 54.3 Å². The molecular formula is C30H54O3. The van der Waals surface area contributed by atoms with Crippen LogP contribution in [-0.2, 0) is 14.3 Å². The highest BCUT2D eigenvalue weighted by Crippen LogP contribution is 2.63. The number of hydrogen-bond acceptors (Lipinski definition) is 3. The number of methoxy groups -OCH3 is 1. The number of fused-ring (bicyclic) bond motifs is 3. The summed E-state index contributed by atoms with van der Waals surface area (Å²) in [6, 6.07) is 0. The first kappa shape index (κ1) is 27.0. The monoisotopic (exact) mass is 462 g/mol. The Balaban J connectivity index is 1.71. The minimum atomic E-state index is -0.0798. The molecule has 0 aromatic rings. The van der Waals surface area contributed by atoms with Crippen molar-refractivity contribution in [3.8, 4) is 0 Å². The third kappa shape index (κ3) is 6.77. The van der Waals surface area contributed by atoms with E-state index in [1.165, 1.54) is 64.2 Å². The van der Waals surface area contributed by atoms with E-state index in [0.29, 0.717) is 18.4 Å². The van der Waals surface area contributed by atoms with Crippen LogP contribution in [0.1, 0.15) is 118 Å². The molecule has 1 unspecified atom stereocenters. The molecule has 0 amide bonds. The van der Waals surface area contributed by atoms with Gasteiger partial charge in [-0.3, -0.25) is 4.79 Å². The molecule has 0 radical (unpaired) electrons. The minimum absolute atomic E-state index is 0.00978. The number of cyclic esters (lactones) is 1. The highest BCUT2D eigenvalue weighted by atomic mass is 16.5. The van der Waals surface area contributed by atoms with E-state index in [1.807, 2.05) is 0 Å². The highest BCUT2D eigenvalue weighted by molar-refractivity contribution is 5.69. The molecule has 1 heterocycles. The van der Waals surface area contributed by atoms with Gasteiger partial charge in [-0.25, -0.2) is 0 Å². The standard InChI is InChI=1S/C30H54O3/c1-21(2)10-9-11-23(4)27-15-16-28-26-12-7-8-19-33-29(31)20-24(32-6)14-13-22(3)25(26)17-18-30(27,28)5/h21-28H,7-20H2,1-6H3/t22?,23-,24+,25-,26-,27-,28+,30-/m1/s1. The molecule has 0 bridgehead atoms. The zero-order valence-corrected chi connectivity index (χ0v) is 22.7. The predicted molar refractivity (Wildman–Crippen MR) is 137 cm³/mol. The minimum Gasteiger partial charge on any atom is -0.466 e. The van der Waals surface area contributed by atoms with Crippen molar-refractivity contribution in [2.75, 3.05) is 13.7 Å². The fourth-order valence-corrected chi connectivity index (χ4v) is 8.34. The largest absolute Gasteiger partial charge is 0.466 e. The summed E-state index contributed by atoms with van der Waals surface area (Å²) < 4.78 is 11.2. The molecule has 3 fully saturated rings. The van der Waals surface area contributed by atoms with Crippen molar-refractivity contribution in [1.29, 1.82) is 0 Å². The maximum absolute atomic E-state index is 12.2. The summed E-state index contributed by atoms with van der Waals surface area (Å²) in [7, 11) is 1.75. The smallest absolute Gasteiger partial charge is 0.308 e. The van der Waals surface area contributed by atoms with Crippen LogP contribution in [0.2, 0.25) is 0 Å². The van der Waals surface area contributed by atoms with Crippen molar-refractivity contribution >= 4 is 5.97 Å². The van der Waals surface area contributed by atoms with Gasteiger partial charge in [0.25, 0.3) is 0 Å². The van der Waals surface area contributed by atoms with Gasteiger partial charge in [0.1, 0.15) is 0 Å². The van der Waals surface area contributed by atoms with Gasteiger partial charge < -0.3 is 9.47 Å². The molecule has 3 nitrogen and oxygen atoms in total. The molecule has 3 aliphatic rings. The number of carbonyl (C=O) groups excluding carboxylic acids is 1. The molecule has 8 atom stereocenters. The van der Waals surface area contributed by atoms with Crippen LogP contribution in [0, 0.1) is 46.8 Å². The van der Waals surface area contributed by atoms with Crippen LogP contribution in [-0.4, -0.2) is 25.8 Å². The zero-order chi connectivity index (χ0) is 24.0. The number of carbonyl (C=O) groups is 1. The Bertz CT molecular complexity index is 601. The van der Waals surface area contributed by atoms with E-state index in [1.54, 1.807) is 7.11 Å². The second-order valence-corrected chi connectivity index (χ2v) is 12.8. The molecule has 0 N–H and O–H groups in total. The van der Waals surface area contributed by atoms with Crippen molar-refractivity contribution in [3.63, 3.8) is 0 Å². The summed E-state index contributed by atoms with van der Waals surface area (Å²) in [5.41, 5.74) is 0.535. The first-order valence-corrected chi connectivity index (χ1v) is 14.4. The molecular weight excluding hydrogens is 408 g/mol. The average Bonchev–Trinajstić information content (AvgIpc) is 3.12. The first-order chi connectivity index (χ1) is 15.8. The van der Waals surface area contributed by atoms with Gasteiger partial charge >= 0.3 is 5.97 Å². The lowest BCUT2D eigenvalue weighted by molar-refractivity contribution is -0.146. The van der Waals surface area contributed by atoms with Crippen molar-refractivity contribution in [3.05, 3.63) is 0 Å². The van der Waals surface area contributed by atoms with Crippen LogP contribution in [0.5, 0.6) is 0 Å². The molecule has 192 valence electrons. The number of rotatable bonds is 6. The number of esters is 1. The van der Waals surface area contributed by atoms with Crippen LogP contribution in [0.25, 0.3) is 0 Å². The van der Waals surface area contributed by atoms with Gasteiger partial charge in [0.2, 0.25) is 0 Å². The molecule has 3 heteroatoms. The lowest BCUT2D eigenvalue weighted by atomic mass is 9.53. The summed E-state index contributed by atoms with van der Waals surface area (Å²) in [4.78, 5) is 12.2. The van der Waals surface area contributed by atoms with Crippen LogP contribution < -0.4 is 0 Å². The Morgan fingerprint density at radius 1 is 1.00 bits per heavy atom.